The van der Waals surface area contributed by atoms with Crippen molar-refractivity contribution in [2.75, 3.05) is 0 Å². The molecule has 0 aromatic rings. The molecule has 0 heterocycles. The zero-order chi connectivity index (χ0) is 6.69. The molecule has 9 heavy (non-hydrogen) atoms. The van der Waals surface area contributed by atoms with Gasteiger partial charge >= 0.3 is 0 Å². The number of hydrogen-bond donors (Lipinski definition) is 0. The van der Waals surface area contributed by atoms with Gasteiger partial charge in [-0.05, 0) is 25.2 Å². The molecule has 0 saturated heterocycles. The zero-order valence-corrected chi connectivity index (χ0v) is 6.48. The summed E-state index contributed by atoms with van der Waals surface area (Å²) in [4.78, 5) is 0. The molecule has 0 nitrogen and oxygen atoms in total. The second-order valence-corrected chi connectivity index (χ2v) is 2.98. The summed E-state index contributed by atoms with van der Waals surface area (Å²) in [6, 6.07) is 0. The second-order valence-electron chi connectivity index (χ2n) is 2.98. The van der Waals surface area contributed by atoms with E-state index in [1.165, 1.54) is 25.7 Å². The van der Waals surface area contributed by atoms with Gasteiger partial charge in [-0.1, -0.05) is 19.4 Å². The van der Waals surface area contributed by atoms with Crippen LogP contribution in [0.25, 0.3) is 0 Å². The van der Waals surface area contributed by atoms with Crippen LogP contribution in [0.15, 0.2) is 11.5 Å². The van der Waals surface area contributed by atoms with Gasteiger partial charge in [0.2, 0.25) is 0 Å². The molecule has 0 aliphatic heterocycles. The van der Waals surface area contributed by atoms with Gasteiger partial charge in [0.05, 0.1) is 0 Å². The van der Waals surface area contributed by atoms with Crippen molar-refractivity contribution in [3.05, 3.63) is 11.5 Å². The highest BCUT2D eigenvalue weighted by molar-refractivity contribution is 6.21. The summed E-state index contributed by atoms with van der Waals surface area (Å²) in [5.41, 5.74) is 1.63. The number of rotatable bonds is 2. The van der Waals surface area contributed by atoms with E-state index in [1.807, 2.05) is 0 Å². The Kier molecular flexibility index (Phi) is 2.38. The van der Waals surface area contributed by atoms with Crippen LogP contribution in [-0.2, 0) is 0 Å². The van der Waals surface area contributed by atoms with Crippen molar-refractivity contribution in [3.8, 4) is 0 Å². The summed E-state index contributed by atoms with van der Waals surface area (Å²) in [7, 11) is 2.27. The SMILES string of the molecule is B/C(=C\CC)C1CCC1. The van der Waals surface area contributed by atoms with Gasteiger partial charge in [0.15, 0.2) is 0 Å². The van der Waals surface area contributed by atoms with E-state index in [4.69, 9.17) is 0 Å². The highest BCUT2D eigenvalue weighted by Crippen LogP contribution is 2.31. The zero-order valence-electron chi connectivity index (χ0n) is 6.48. The first kappa shape index (κ1) is 6.92. The highest BCUT2D eigenvalue weighted by Gasteiger charge is 2.17. The third-order valence-corrected chi connectivity index (χ3v) is 2.28. The topological polar surface area (TPSA) is 0 Å². The molecular weight excluding hydrogens is 107 g/mol. The lowest BCUT2D eigenvalue weighted by Crippen LogP contribution is -2.13. The third kappa shape index (κ3) is 1.60. The first-order chi connectivity index (χ1) is 4.34. The Morgan fingerprint density at radius 3 is 2.67 bits per heavy atom. The standard InChI is InChI=1S/C8H15B/c1-2-4-8(9)7-5-3-6-7/h4,7H,2-3,5-6,9H2,1H3/b8-4-. The molecule has 50 valence electrons. The van der Waals surface area contributed by atoms with Gasteiger partial charge < -0.3 is 0 Å². The number of hydrogen-bond acceptors (Lipinski definition) is 0. The van der Waals surface area contributed by atoms with Crippen molar-refractivity contribution >= 4 is 7.85 Å². The Labute approximate surface area is 58.8 Å². The van der Waals surface area contributed by atoms with Crippen LogP contribution in [-0.4, -0.2) is 7.85 Å². The van der Waals surface area contributed by atoms with Crippen LogP contribution in [0.4, 0.5) is 0 Å². The summed E-state index contributed by atoms with van der Waals surface area (Å²) in [6.07, 6.45) is 7.93. The van der Waals surface area contributed by atoms with Crippen LogP contribution in [0.5, 0.6) is 0 Å². The molecular formula is C8H15B. The van der Waals surface area contributed by atoms with Gasteiger partial charge in [-0.15, -0.1) is 5.47 Å². The Bertz CT molecular complexity index is 112. The van der Waals surface area contributed by atoms with E-state index in [9.17, 15) is 0 Å². The molecule has 0 N–H and O–H groups in total. The highest BCUT2D eigenvalue weighted by atomic mass is 14.2. The van der Waals surface area contributed by atoms with Crippen molar-refractivity contribution in [2.24, 2.45) is 5.92 Å². The summed E-state index contributed by atoms with van der Waals surface area (Å²) < 4.78 is 0. The van der Waals surface area contributed by atoms with Crippen molar-refractivity contribution in [2.45, 2.75) is 32.6 Å². The van der Waals surface area contributed by atoms with Gasteiger partial charge in [-0.2, -0.15) is 0 Å². The van der Waals surface area contributed by atoms with Gasteiger partial charge in [0, 0.05) is 0 Å². The second kappa shape index (κ2) is 3.10. The average molecular weight is 122 g/mol. The van der Waals surface area contributed by atoms with Crippen LogP contribution < -0.4 is 0 Å². The largest absolute Gasteiger partial charge is 0.133 e. The van der Waals surface area contributed by atoms with Crippen molar-refractivity contribution in [1.82, 2.24) is 0 Å². The van der Waals surface area contributed by atoms with Crippen LogP contribution in [0.3, 0.4) is 0 Å². The van der Waals surface area contributed by atoms with Crippen LogP contribution in [0.2, 0.25) is 0 Å². The Hall–Kier alpha value is -0.195. The molecule has 0 bridgehead atoms. The lowest BCUT2D eigenvalue weighted by atomic mass is 9.71. The summed E-state index contributed by atoms with van der Waals surface area (Å²) in [5.74, 6) is 0.963. The lowest BCUT2D eigenvalue weighted by molar-refractivity contribution is 0.380. The predicted molar refractivity (Wildman–Crippen MR) is 44.3 cm³/mol. The summed E-state index contributed by atoms with van der Waals surface area (Å²) in [5, 5.41) is 0. The van der Waals surface area contributed by atoms with Crippen LogP contribution >= 0.6 is 0 Å². The molecule has 1 heteroatoms. The molecule has 1 saturated carbocycles. The van der Waals surface area contributed by atoms with E-state index < -0.39 is 0 Å². The van der Waals surface area contributed by atoms with Gasteiger partial charge in [-0.3, -0.25) is 0 Å². The molecule has 0 radical (unpaired) electrons. The van der Waals surface area contributed by atoms with Crippen molar-refractivity contribution in [3.63, 3.8) is 0 Å². The lowest BCUT2D eigenvalue weighted by Gasteiger charge is -2.26. The fourth-order valence-electron chi connectivity index (χ4n) is 1.35. The maximum absolute atomic E-state index is 2.36. The first-order valence-corrected chi connectivity index (χ1v) is 4.01. The van der Waals surface area contributed by atoms with E-state index in [0.29, 0.717) is 0 Å². The van der Waals surface area contributed by atoms with Crippen LogP contribution in [0, 0.1) is 5.92 Å². The minimum Gasteiger partial charge on any atom is -0.111 e. The first-order valence-electron chi connectivity index (χ1n) is 4.01. The Balaban J connectivity index is 2.31. The number of allylic oxidation sites excluding steroid dienone is 2. The maximum atomic E-state index is 2.36. The third-order valence-electron chi connectivity index (χ3n) is 2.28. The summed E-state index contributed by atoms with van der Waals surface area (Å²) >= 11 is 0. The van der Waals surface area contributed by atoms with E-state index in [-0.39, 0.29) is 0 Å². The van der Waals surface area contributed by atoms with Gasteiger partial charge in [0.1, 0.15) is 7.85 Å². The fourth-order valence-corrected chi connectivity index (χ4v) is 1.35. The molecule has 1 fully saturated rings. The minimum atomic E-state index is 0.963. The van der Waals surface area contributed by atoms with E-state index in [0.717, 1.165) is 5.92 Å². The fraction of sp³-hybridized carbons (Fsp3) is 0.750. The Morgan fingerprint density at radius 2 is 2.33 bits per heavy atom. The molecule has 0 spiro atoms. The molecule has 0 atom stereocenters. The average Bonchev–Trinajstić information content (AvgIpc) is 1.60. The molecule has 1 aliphatic carbocycles. The monoisotopic (exact) mass is 122 g/mol. The Morgan fingerprint density at radius 1 is 1.67 bits per heavy atom. The summed E-state index contributed by atoms with van der Waals surface area (Å²) in [6.45, 7) is 2.21. The van der Waals surface area contributed by atoms with E-state index >= 15 is 0 Å². The normalized spacial score (nSPS) is 21.7. The van der Waals surface area contributed by atoms with Crippen LogP contribution in [0.1, 0.15) is 32.6 Å². The van der Waals surface area contributed by atoms with Crippen molar-refractivity contribution < 1.29 is 0 Å². The molecule has 0 aromatic carbocycles. The smallest absolute Gasteiger partial charge is 0.111 e. The van der Waals surface area contributed by atoms with Gasteiger partial charge in [0.25, 0.3) is 0 Å². The molecule has 1 aliphatic rings. The molecule has 0 amide bonds. The maximum Gasteiger partial charge on any atom is 0.133 e. The van der Waals surface area contributed by atoms with E-state index in [1.54, 1.807) is 5.47 Å². The molecule has 0 aromatic heterocycles. The van der Waals surface area contributed by atoms with Crippen molar-refractivity contribution in [1.29, 1.82) is 0 Å². The quantitative estimate of drug-likeness (QED) is 0.489. The van der Waals surface area contributed by atoms with E-state index in [2.05, 4.69) is 20.8 Å². The predicted octanol–water partition coefficient (Wildman–Crippen LogP) is 1.71. The minimum absolute atomic E-state index is 0.963. The molecule has 1 rings (SSSR count). The van der Waals surface area contributed by atoms with Gasteiger partial charge in [-0.25, -0.2) is 0 Å². The molecule has 0 unspecified atom stereocenters.